The highest BCUT2D eigenvalue weighted by Crippen LogP contribution is 2.20. The van der Waals surface area contributed by atoms with Gasteiger partial charge in [-0.05, 0) is 43.9 Å². The molecule has 1 aromatic heterocycles. The molecule has 0 fully saturated rings. The Balaban J connectivity index is 2.44. The van der Waals surface area contributed by atoms with Gasteiger partial charge in [0.1, 0.15) is 0 Å². The van der Waals surface area contributed by atoms with Crippen molar-refractivity contribution in [2.45, 2.75) is 40.5 Å². The van der Waals surface area contributed by atoms with Crippen molar-refractivity contribution in [2.24, 2.45) is 10.9 Å². The molecule has 0 aromatic carbocycles. The van der Waals surface area contributed by atoms with Crippen LogP contribution in [-0.2, 0) is 0 Å². The van der Waals surface area contributed by atoms with Crippen molar-refractivity contribution < 1.29 is 0 Å². The van der Waals surface area contributed by atoms with E-state index in [1.807, 2.05) is 13.0 Å². The molecule has 0 saturated heterocycles. The molecule has 1 N–H and O–H groups in total. The molecule has 2 rings (SSSR count). The van der Waals surface area contributed by atoms with Crippen molar-refractivity contribution in [3.63, 3.8) is 0 Å². The third kappa shape index (κ3) is 3.94. The first-order valence-electron chi connectivity index (χ1n) is 7.85. The van der Waals surface area contributed by atoms with Gasteiger partial charge in [-0.25, -0.2) is 0 Å². The van der Waals surface area contributed by atoms with Gasteiger partial charge in [-0.15, -0.1) is 0 Å². The predicted molar refractivity (Wildman–Crippen MR) is 93.4 cm³/mol. The van der Waals surface area contributed by atoms with Gasteiger partial charge >= 0.3 is 0 Å². The van der Waals surface area contributed by atoms with Crippen molar-refractivity contribution in [1.82, 2.24) is 4.98 Å². The minimum absolute atomic E-state index is 0.0406. The lowest BCUT2D eigenvalue weighted by Gasteiger charge is -2.09. The molecule has 22 heavy (non-hydrogen) atoms. The quantitative estimate of drug-likeness (QED) is 0.827. The molecule has 1 atom stereocenters. The molecule has 3 heteroatoms. The van der Waals surface area contributed by atoms with E-state index in [0.717, 1.165) is 35.4 Å². The molecule has 0 aliphatic heterocycles. The molecule has 0 radical (unpaired) electrons. The van der Waals surface area contributed by atoms with Crippen molar-refractivity contribution in [2.75, 3.05) is 0 Å². The molecule has 0 saturated carbocycles. The summed E-state index contributed by atoms with van der Waals surface area (Å²) in [6, 6.07) is 1.92. The third-order valence-corrected chi connectivity index (χ3v) is 3.75. The van der Waals surface area contributed by atoms with Gasteiger partial charge in [0.05, 0.1) is 5.70 Å². The van der Waals surface area contributed by atoms with Gasteiger partial charge in [-0.3, -0.25) is 9.79 Å². The number of nitrogens with zero attached hydrogens (tertiary/aromatic N) is 1. The van der Waals surface area contributed by atoms with E-state index >= 15 is 0 Å². The second-order valence-electron chi connectivity index (χ2n) is 5.85. The van der Waals surface area contributed by atoms with Crippen LogP contribution < -0.4 is 5.56 Å². The van der Waals surface area contributed by atoms with E-state index in [2.05, 4.69) is 50.1 Å². The van der Waals surface area contributed by atoms with Crippen molar-refractivity contribution in [3.8, 4) is 0 Å². The third-order valence-electron chi connectivity index (χ3n) is 3.75. The molecular formula is C19H24N2O. The van der Waals surface area contributed by atoms with Crippen LogP contribution in [0, 0.1) is 12.8 Å². The zero-order valence-corrected chi connectivity index (χ0v) is 13.8. The number of pyridine rings is 1. The summed E-state index contributed by atoms with van der Waals surface area (Å²) in [4.78, 5) is 19.2. The topological polar surface area (TPSA) is 45.2 Å². The van der Waals surface area contributed by atoms with Crippen LogP contribution in [0.1, 0.15) is 44.7 Å². The minimum Gasteiger partial charge on any atom is -0.328 e. The smallest absolute Gasteiger partial charge is 0.250 e. The number of allylic oxidation sites excluding steroid dienone is 5. The van der Waals surface area contributed by atoms with Crippen LogP contribution in [0.25, 0.3) is 0 Å². The van der Waals surface area contributed by atoms with E-state index in [1.165, 1.54) is 5.57 Å². The van der Waals surface area contributed by atoms with Crippen LogP contribution in [0.5, 0.6) is 0 Å². The van der Waals surface area contributed by atoms with Crippen LogP contribution in [0.4, 0.5) is 0 Å². The van der Waals surface area contributed by atoms with Crippen molar-refractivity contribution in [1.29, 1.82) is 0 Å². The summed E-state index contributed by atoms with van der Waals surface area (Å²) >= 11 is 0. The van der Waals surface area contributed by atoms with Crippen LogP contribution in [0.2, 0.25) is 0 Å². The number of aromatic amines is 1. The molecule has 1 heterocycles. The zero-order chi connectivity index (χ0) is 16.1. The molecule has 1 aliphatic carbocycles. The molecule has 1 aromatic rings. The Labute approximate surface area is 132 Å². The Morgan fingerprint density at radius 2 is 2.14 bits per heavy atom. The lowest BCUT2D eigenvalue weighted by atomic mass is 10.1. The van der Waals surface area contributed by atoms with Gasteiger partial charge in [0.2, 0.25) is 0 Å². The lowest BCUT2D eigenvalue weighted by molar-refractivity contribution is 0.930. The number of H-pyrrole nitrogens is 1. The van der Waals surface area contributed by atoms with Crippen LogP contribution >= 0.6 is 0 Å². The maximum absolute atomic E-state index is 11.6. The second-order valence-corrected chi connectivity index (χ2v) is 5.85. The number of aromatic nitrogens is 1. The van der Waals surface area contributed by atoms with Gasteiger partial charge in [-0.1, -0.05) is 38.5 Å². The van der Waals surface area contributed by atoms with E-state index in [9.17, 15) is 4.79 Å². The number of aryl methyl sites for hydroxylation is 1. The summed E-state index contributed by atoms with van der Waals surface area (Å²) in [6.07, 6.45) is 12.2. The number of nitrogens with one attached hydrogen (secondary N) is 1. The fourth-order valence-electron chi connectivity index (χ4n) is 2.53. The average molecular weight is 296 g/mol. The first-order valence-corrected chi connectivity index (χ1v) is 7.85. The molecule has 0 bridgehead atoms. The Morgan fingerprint density at radius 1 is 1.36 bits per heavy atom. The summed E-state index contributed by atoms with van der Waals surface area (Å²) in [5.41, 5.74) is 4.87. The van der Waals surface area contributed by atoms with Crippen LogP contribution in [0.3, 0.4) is 0 Å². The summed E-state index contributed by atoms with van der Waals surface area (Å²) in [5.74, 6) is 0.425. The maximum atomic E-state index is 11.6. The lowest BCUT2D eigenvalue weighted by Crippen LogP contribution is -2.12. The fourth-order valence-corrected chi connectivity index (χ4v) is 2.53. The van der Waals surface area contributed by atoms with Gasteiger partial charge in [0, 0.05) is 23.0 Å². The average Bonchev–Trinajstić information content (AvgIpc) is 2.62. The Hall–Kier alpha value is -2.16. The standard InChI is InChI=1S/C19H24N2O/c1-5-7-18(16-11-15(4)19(22)20-12-16)21-17-9-6-8-13(2)10-14(17)3/h6,8-13H,5,7H2,1-4H3,(H,20,22). The summed E-state index contributed by atoms with van der Waals surface area (Å²) in [6.45, 7) is 8.23. The van der Waals surface area contributed by atoms with Crippen LogP contribution in [-0.4, -0.2) is 10.7 Å². The van der Waals surface area contributed by atoms with E-state index < -0.39 is 0 Å². The highest BCUT2D eigenvalue weighted by molar-refractivity contribution is 6.01. The number of hydrogen-bond acceptors (Lipinski definition) is 2. The van der Waals surface area contributed by atoms with E-state index in [4.69, 9.17) is 4.99 Å². The highest BCUT2D eigenvalue weighted by Gasteiger charge is 2.09. The number of aliphatic imine (C=N–C) groups is 1. The molecule has 3 nitrogen and oxygen atoms in total. The largest absolute Gasteiger partial charge is 0.328 e. The summed E-state index contributed by atoms with van der Waals surface area (Å²) in [7, 11) is 0. The van der Waals surface area contributed by atoms with Gasteiger partial charge in [-0.2, -0.15) is 0 Å². The van der Waals surface area contributed by atoms with Crippen molar-refractivity contribution in [3.05, 3.63) is 69.3 Å². The monoisotopic (exact) mass is 296 g/mol. The number of hydrogen-bond donors (Lipinski definition) is 1. The van der Waals surface area contributed by atoms with E-state index in [0.29, 0.717) is 5.92 Å². The van der Waals surface area contributed by atoms with Crippen molar-refractivity contribution >= 4 is 5.71 Å². The van der Waals surface area contributed by atoms with Gasteiger partial charge in [0.15, 0.2) is 0 Å². The first-order chi connectivity index (χ1) is 10.5. The zero-order valence-electron chi connectivity index (χ0n) is 13.8. The Bertz CT molecular complexity index is 717. The molecule has 1 aliphatic rings. The molecule has 1 unspecified atom stereocenters. The Morgan fingerprint density at radius 3 is 2.82 bits per heavy atom. The first kappa shape index (κ1) is 16.2. The van der Waals surface area contributed by atoms with Gasteiger partial charge in [0.25, 0.3) is 5.56 Å². The maximum Gasteiger partial charge on any atom is 0.250 e. The minimum atomic E-state index is -0.0406. The van der Waals surface area contributed by atoms with E-state index in [1.54, 1.807) is 6.20 Å². The highest BCUT2D eigenvalue weighted by atomic mass is 16.1. The van der Waals surface area contributed by atoms with Crippen LogP contribution in [0.15, 0.2) is 57.6 Å². The second kappa shape index (κ2) is 7.21. The predicted octanol–water partition coefficient (Wildman–Crippen LogP) is 4.31. The SMILES string of the molecule is CCCC(=NC1=CC=CC(C)C=C1C)c1c[nH]c(=O)c(C)c1. The van der Waals surface area contributed by atoms with E-state index in [-0.39, 0.29) is 5.56 Å². The molecule has 0 spiro atoms. The molecular weight excluding hydrogens is 272 g/mol. The summed E-state index contributed by atoms with van der Waals surface area (Å²) < 4.78 is 0. The fraction of sp³-hybridized carbons (Fsp3) is 0.368. The normalized spacial score (nSPS) is 18.7. The summed E-state index contributed by atoms with van der Waals surface area (Å²) in [5, 5.41) is 0. The molecule has 116 valence electrons. The number of rotatable bonds is 4. The Kier molecular flexibility index (Phi) is 5.31. The van der Waals surface area contributed by atoms with Gasteiger partial charge < -0.3 is 4.98 Å². The molecule has 0 amide bonds.